The molecule has 0 atom stereocenters. The van der Waals surface area contributed by atoms with Crippen molar-refractivity contribution in [1.29, 1.82) is 0 Å². The summed E-state index contributed by atoms with van der Waals surface area (Å²) in [6.45, 7) is 2.16. The summed E-state index contributed by atoms with van der Waals surface area (Å²) in [5.41, 5.74) is 3.32. The Morgan fingerprint density at radius 1 is 0.727 bits per heavy atom. The Kier molecular flexibility index (Phi) is 6.79. The summed E-state index contributed by atoms with van der Waals surface area (Å²) in [5, 5.41) is 0. The van der Waals surface area contributed by atoms with Gasteiger partial charge in [0.1, 0.15) is 0 Å². The van der Waals surface area contributed by atoms with E-state index in [0.29, 0.717) is 0 Å². The number of rotatable bonds is 5. The van der Waals surface area contributed by atoms with Gasteiger partial charge in [-0.1, -0.05) is 73.4 Å². The normalized spacial score (nSPS) is 10.8. The van der Waals surface area contributed by atoms with E-state index in [0.717, 1.165) is 30.4 Å². The summed E-state index contributed by atoms with van der Waals surface area (Å²) < 4.78 is 0. The van der Waals surface area contributed by atoms with Crippen LogP contribution in [0.15, 0.2) is 72.8 Å². The maximum Gasteiger partial charge on any atom is 0.0249 e. The summed E-state index contributed by atoms with van der Waals surface area (Å²) >= 11 is 0. The predicted octanol–water partition coefficient (Wildman–Crippen LogP) is 5.85. The van der Waals surface area contributed by atoms with Gasteiger partial charge in [0.25, 0.3) is 0 Å². The molecule has 0 radical (unpaired) electrons. The highest BCUT2D eigenvalue weighted by Crippen LogP contribution is 2.07. The molecule has 0 heteroatoms. The van der Waals surface area contributed by atoms with Crippen molar-refractivity contribution in [1.82, 2.24) is 0 Å². The molecule has 0 aromatic heterocycles. The van der Waals surface area contributed by atoms with Gasteiger partial charge in [0, 0.05) is 11.1 Å². The molecule has 0 aliphatic heterocycles. The molecular weight excluding hydrogens is 264 g/mol. The number of hydrogen-bond acceptors (Lipinski definition) is 0. The minimum Gasteiger partial charge on any atom is -0.0888 e. The van der Waals surface area contributed by atoms with E-state index < -0.39 is 0 Å². The number of hydrogen-bond donors (Lipinski definition) is 0. The maximum atomic E-state index is 3.20. The number of allylic oxidation sites excluding steroid dienone is 3. The topological polar surface area (TPSA) is 0 Å². The lowest BCUT2D eigenvalue weighted by Gasteiger charge is -1.94. The maximum absolute atomic E-state index is 3.20. The van der Waals surface area contributed by atoms with E-state index in [1.54, 1.807) is 0 Å². The Balaban J connectivity index is 1.89. The molecular formula is C22H22. The smallest absolute Gasteiger partial charge is 0.0249 e. The summed E-state index contributed by atoms with van der Waals surface area (Å²) in [4.78, 5) is 0. The van der Waals surface area contributed by atoms with Gasteiger partial charge in [0.15, 0.2) is 0 Å². The quantitative estimate of drug-likeness (QED) is 0.367. The fourth-order valence-corrected chi connectivity index (χ4v) is 2.04. The van der Waals surface area contributed by atoms with Crippen molar-refractivity contribution in [3.8, 4) is 11.8 Å². The SMILES string of the molecule is CCC=CCCC=Cc1ccc(C#Cc2ccccc2)cc1. The van der Waals surface area contributed by atoms with Crippen LogP contribution in [0.4, 0.5) is 0 Å². The molecule has 0 heterocycles. The molecule has 0 saturated heterocycles. The van der Waals surface area contributed by atoms with Crippen LogP contribution >= 0.6 is 0 Å². The molecule has 0 unspecified atom stereocenters. The second-order valence-electron chi connectivity index (χ2n) is 5.10. The van der Waals surface area contributed by atoms with Crippen LogP contribution in [0.1, 0.15) is 42.9 Å². The van der Waals surface area contributed by atoms with E-state index in [4.69, 9.17) is 0 Å². The highest BCUT2D eigenvalue weighted by molar-refractivity contribution is 5.52. The monoisotopic (exact) mass is 286 g/mol. The molecule has 0 saturated carbocycles. The molecule has 0 spiro atoms. The Morgan fingerprint density at radius 2 is 1.36 bits per heavy atom. The molecule has 2 rings (SSSR count). The highest BCUT2D eigenvalue weighted by Gasteiger charge is 1.89. The average molecular weight is 286 g/mol. The molecule has 0 aliphatic carbocycles. The molecule has 0 N–H and O–H groups in total. The van der Waals surface area contributed by atoms with Crippen molar-refractivity contribution in [3.63, 3.8) is 0 Å². The van der Waals surface area contributed by atoms with Gasteiger partial charge in [-0.2, -0.15) is 0 Å². The average Bonchev–Trinajstić information content (AvgIpc) is 2.58. The molecule has 0 nitrogen and oxygen atoms in total. The molecule has 0 bridgehead atoms. The van der Waals surface area contributed by atoms with Crippen LogP contribution in [0, 0.1) is 11.8 Å². The van der Waals surface area contributed by atoms with Gasteiger partial charge in [-0.25, -0.2) is 0 Å². The molecule has 2 aromatic carbocycles. The first-order chi connectivity index (χ1) is 10.9. The minimum absolute atomic E-state index is 1.05. The Labute approximate surface area is 134 Å². The van der Waals surface area contributed by atoms with E-state index in [1.165, 1.54) is 5.56 Å². The third kappa shape index (κ3) is 5.85. The van der Waals surface area contributed by atoms with Gasteiger partial charge < -0.3 is 0 Å². The lowest BCUT2D eigenvalue weighted by atomic mass is 10.1. The van der Waals surface area contributed by atoms with Crippen LogP contribution < -0.4 is 0 Å². The third-order valence-electron chi connectivity index (χ3n) is 3.25. The summed E-state index contributed by atoms with van der Waals surface area (Å²) in [5.74, 6) is 6.37. The number of unbranched alkanes of at least 4 members (excludes halogenated alkanes) is 1. The van der Waals surface area contributed by atoms with Crippen molar-refractivity contribution < 1.29 is 0 Å². The van der Waals surface area contributed by atoms with E-state index >= 15 is 0 Å². The van der Waals surface area contributed by atoms with Crippen LogP contribution in [0.25, 0.3) is 6.08 Å². The molecule has 0 aliphatic rings. The van der Waals surface area contributed by atoms with Gasteiger partial charge >= 0.3 is 0 Å². The predicted molar refractivity (Wildman–Crippen MR) is 96.6 cm³/mol. The Hall–Kier alpha value is -2.52. The summed E-state index contributed by atoms with van der Waals surface area (Å²) in [7, 11) is 0. The summed E-state index contributed by atoms with van der Waals surface area (Å²) in [6, 6.07) is 18.5. The van der Waals surface area contributed by atoms with Gasteiger partial charge in [-0.05, 0) is 49.1 Å². The van der Waals surface area contributed by atoms with Crippen LogP contribution in [0.5, 0.6) is 0 Å². The fraction of sp³-hybridized carbons (Fsp3) is 0.182. The van der Waals surface area contributed by atoms with Crippen LogP contribution in [-0.4, -0.2) is 0 Å². The van der Waals surface area contributed by atoms with E-state index in [2.05, 4.69) is 67.3 Å². The highest BCUT2D eigenvalue weighted by atomic mass is 13.9. The first-order valence-electron chi connectivity index (χ1n) is 7.87. The first-order valence-corrected chi connectivity index (χ1v) is 7.87. The van der Waals surface area contributed by atoms with Gasteiger partial charge in [0.05, 0.1) is 0 Å². The largest absolute Gasteiger partial charge is 0.0888 e. The first kappa shape index (κ1) is 15.9. The zero-order valence-electron chi connectivity index (χ0n) is 13.1. The van der Waals surface area contributed by atoms with Crippen LogP contribution in [-0.2, 0) is 0 Å². The molecule has 110 valence electrons. The summed E-state index contributed by atoms with van der Waals surface area (Å²) in [6.07, 6.45) is 12.2. The van der Waals surface area contributed by atoms with Crippen molar-refractivity contribution >= 4 is 6.08 Å². The van der Waals surface area contributed by atoms with Crippen LogP contribution in [0.3, 0.4) is 0 Å². The van der Waals surface area contributed by atoms with Gasteiger partial charge in [-0.3, -0.25) is 0 Å². The zero-order valence-corrected chi connectivity index (χ0v) is 13.1. The molecule has 2 aromatic rings. The van der Waals surface area contributed by atoms with E-state index in [-0.39, 0.29) is 0 Å². The van der Waals surface area contributed by atoms with Crippen molar-refractivity contribution in [3.05, 3.63) is 89.5 Å². The lowest BCUT2D eigenvalue weighted by Crippen LogP contribution is -1.77. The zero-order chi connectivity index (χ0) is 15.5. The Bertz CT molecular complexity index is 661. The van der Waals surface area contributed by atoms with Gasteiger partial charge in [0.2, 0.25) is 0 Å². The number of benzene rings is 2. The van der Waals surface area contributed by atoms with Gasteiger partial charge in [-0.15, -0.1) is 0 Å². The van der Waals surface area contributed by atoms with Crippen molar-refractivity contribution in [2.45, 2.75) is 26.2 Å². The molecule has 0 fully saturated rings. The fourth-order valence-electron chi connectivity index (χ4n) is 2.04. The third-order valence-corrected chi connectivity index (χ3v) is 3.25. The van der Waals surface area contributed by atoms with Crippen molar-refractivity contribution in [2.75, 3.05) is 0 Å². The molecule has 0 amide bonds. The van der Waals surface area contributed by atoms with Crippen LogP contribution in [0.2, 0.25) is 0 Å². The Morgan fingerprint density at radius 3 is 2.05 bits per heavy atom. The second kappa shape index (κ2) is 9.42. The van der Waals surface area contributed by atoms with Crippen molar-refractivity contribution in [2.24, 2.45) is 0 Å². The second-order valence-corrected chi connectivity index (χ2v) is 5.10. The standard InChI is InChI=1S/C22H22/c1-2-3-4-5-6-8-13-21-15-18-22(19-16-21)17-14-20-11-9-7-10-12-20/h3-4,7-13,15-16,18-19H,2,5-6H2,1H3. The minimum atomic E-state index is 1.05. The van der Waals surface area contributed by atoms with E-state index in [9.17, 15) is 0 Å². The lowest BCUT2D eigenvalue weighted by molar-refractivity contribution is 1.04. The van der Waals surface area contributed by atoms with E-state index in [1.807, 2.05) is 30.3 Å². The molecule has 22 heavy (non-hydrogen) atoms.